The number of likely N-dealkylation sites (N-methyl/N-ethyl adjacent to an activating group) is 1. The van der Waals surface area contributed by atoms with Gasteiger partial charge in [0.25, 0.3) is 5.91 Å². The standard InChI is InChI=1S/C18H32N4O3/c1-12(2)14(19)8-10-21(4)15(23)11-22-16(24)18(20-17(22)25)9-6-5-7-13(18)3/h12-14H,5-11,19H2,1-4H3,(H,20,25). The van der Waals surface area contributed by atoms with E-state index in [0.717, 1.165) is 24.2 Å². The van der Waals surface area contributed by atoms with Crippen LogP contribution in [0.2, 0.25) is 0 Å². The number of imide groups is 1. The van der Waals surface area contributed by atoms with Crippen LogP contribution in [0.1, 0.15) is 52.9 Å². The summed E-state index contributed by atoms with van der Waals surface area (Å²) in [5, 5.41) is 2.88. The molecular weight excluding hydrogens is 320 g/mol. The van der Waals surface area contributed by atoms with Crippen molar-refractivity contribution in [3.8, 4) is 0 Å². The highest BCUT2D eigenvalue weighted by Gasteiger charge is 2.55. The topological polar surface area (TPSA) is 95.7 Å². The van der Waals surface area contributed by atoms with E-state index < -0.39 is 11.6 Å². The molecule has 3 N–H and O–H groups in total. The zero-order chi connectivity index (χ0) is 18.8. The van der Waals surface area contributed by atoms with E-state index in [0.29, 0.717) is 25.3 Å². The smallest absolute Gasteiger partial charge is 0.325 e. The molecule has 0 aromatic heterocycles. The van der Waals surface area contributed by atoms with Crippen molar-refractivity contribution >= 4 is 17.8 Å². The molecule has 7 heteroatoms. The van der Waals surface area contributed by atoms with Gasteiger partial charge in [-0.15, -0.1) is 0 Å². The van der Waals surface area contributed by atoms with Gasteiger partial charge in [0.05, 0.1) is 0 Å². The van der Waals surface area contributed by atoms with E-state index in [1.165, 1.54) is 0 Å². The minimum absolute atomic E-state index is 0.0262. The van der Waals surface area contributed by atoms with Crippen LogP contribution in [0.15, 0.2) is 0 Å². The number of carbonyl (C=O) groups excluding carboxylic acids is 3. The lowest BCUT2D eigenvalue weighted by Crippen LogP contribution is -2.54. The van der Waals surface area contributed by atoms with Gasteiger partial charge in [-0.2, -0.15) is 0 Å². The Labute approximate surface area is 150 Å². The normalized spacial score (nSPS) is 27.8. The van der Waals surface area contributed by atoms with Gasteiger partial charge in [0.15, 0.2) is 0 Å². The molecule has 0 aromatic carbocycles. The minimum Gasteiger partial charge on any atom is -0.344 e. The zero-order valence-electron chi connectivity index (χ0n) is 15.9. The van der Waals surface area contributed by atoms with Gasteiger partial charge >= 0.3 is 6.03 Å². The molecule has 1 aliphatic carbocycles. The summed E-state index contributed by atoms with van der Waals surface area (Å²) in [4.78, 5) is 40.3. The predicted molar refractivity (Wildman–Crippen MR) is 95.7 cm³/mol. The summed E-state index contributed by atoms with van der Waals surface area (Å²) in [6.45, 7) is 6.41. The van der Waals surface area contributed by atoms with Crippen LogP contribution in [0.25, 0.3) is 0 Å². The molecule has 2 rings (SSSR count). The van der Waals surface area contributed by atoms with Crippen LogP contribution in [-0.2, 0) is 9.59 Å². The molecule has 0 aromatic rings. The van der Waals surface area contributed by atoms with E-state index in [-0.39, 0.29) is 30.3 Å². The van der Waals surface area contributed by atoms with E-state index in [9.17, 15) is 14.4 Å². The molecular formula is C18H32N4O3. The van der Waals surface area contributed by atoms with Crippen LogP contribution in [0.3, 0.4) is 0 Å². The Morgan fingerprint density at radius 1 is 1.40 bits per heavy atom. The summed E-state index contributed by atoms with van der Waals surface area (Å²) in [5.74, 6) is -0.0352. The second-order valence-electron chi connectivity index (χ2n) is 7.95. The monoisotopic (exact) mass is 352 g/mol. The van der Waals surface area contributed by atoms with E-state index in [4.69, 9.17) is 5.73 Å². The zero-order valence-corrected chi connectivity index (χ0v) is 15.9. The molecule has 1 saturated carbocycles. The molecule has 0 radical (unpaired) electrons. The third-order valence-corrected chi connectivity index (χ3v) is 5.87. The fourth-order valence-electron chi connectivity index (χ4n) is 3.70. The highest BCUT2D eigenvalue weighted by atomic mass is 16.2. The average Bonchev–Trinajstić information content (AvgIpc) is 2.80. The number of carbonyl (C=O) groups is 3. The number of hydrogen-bond acceptors (Lipinski definition) is 4. The molecule has 4 amide bonds. The molecule has 2 aliphatic rings. The number of hydrogen-bond donors (Lipinski definition) is 2. The predicted octanol–water partition coefficient (Wildman–Crippen LogP) is 1.32. The Hall–Kier alpha value is -1.63. The van der Waals surface area contributed by atoms with Crippen LogP contribution < -0.4 is 11.1 Å². The number of rotatable bonds is 6. The largest absolute Gasteiger partial charge is 0.344 e. The van der Waals surface area contributed by atoms with E-state index >= 15 is 0 Å². The summed E-state index contributed by atoms with van der Waals surface area (Å²) in [7, 11) is 1.69. The molecule has 1 spiro atoms. The first-order chi connectivity index (χ1) is 11.7. The maximum Gasteiger partial charge on any atom is 0.325 e. The van der Waals surface area contributed by atoms with Crippen LogP contribution in [-0.4, -0.2) is 59.4 Å². The first-order valence-corrected chi connectivity index (χ1v) is 9.32. The Bertz CT molecular complexity index is 536. The summed E-state index contributed by atoms with van der Waals surface area (Å²) in [6, 6.07) is -0.419. The quantitative estimate of drug-likeness (QED) is 0.705. The first-order valence-electron chi connectivity index (χ1n) is 9.32. The lowest BCUT2D eigenvalue weighted by atomic mass is 9.73. The SMILES string of the molecule is CC(C)C(N)CCN(C)C(=O)CN1C(=O)NC2(CCCCC2C)C1=O. The van der Waals surface area contributed by atoms with Gasteiger partial charge in [0.2, 0.25) is 5.91 Å². The summed E-state index contributed by atoms with van der Waals surface area (Å²) in [5.41, 5.74) is 5.20. The van der Waals surface area contributed by atoms with Crippen molar-refractivity contribution in [3.05, 3.63) is 0 Å². The lowest BCUT2D eigenvalue weighted by Gasteiger charge is -2.36. The first kappa shape index (κ1) is 19.7. The van der Waals surface area contributed by atoms with Gasteiger partial charge in [-0.05, 0) is 31.1 Å². The molecule has 1 saturated heterocycles. The Morgan fingerprint density at radius 2 is 2.08 bits per heavy atom. The second kappa shape index (κ2) is 7.72. The van der Waals surface area contributed by atoms with Gasteiger partial charge in [-0.25, -0.2) is 4.79 Å². The molecule has 1 heterocycles. The van der Waals surface area contributed by atoms with E-state index in [2.05, 4.69) is 5.32 Å². The Balaban J connectivity index is 1.96. The number of nitrogens with one attached hydrogen (secondary N) is 1. The van der Waals surface area contributed by atoms with Crippen LogP contribution in [0.5, 0.6) is 0 Å². The Morgan fingerprint density at radius 3 is 2.68 bits per heavy atom. The molecule has 1 aliphatic heterocycles. The number of amides is 4. The van der Waals surface area contributed by atoms with Crippen molar-refractivity contribution in [3.63, 3.8) is 0 Å². The molecule has 7 nitrogen and oxygen atoms in total. The summed E-state index contributed by atoms with van der Waals surface area (Å²) < 4.78 is 0. The number of nitrogens with zero attached hydrogens (tertiary/aromatic N) is 2. The molecule has 3 atom stereocenters. The fraction of sp³-hybridized carbons (Fsp3) is 0.833. The van der Waals surface area contributed by atoms with Crippen LogP contribution in [0.4, 0.5) is 4.79 Å². The van der Waals surface area contributed by atoms with Gasteiger partial charge in [-0.3, -0.25) is 14.5 Å². The number of urea groups is 1. The average molecular weight is 352 g/mol. The Kier molecular flexibility index (Phi) is 6.08. The maximum atomic E-state index is 12.9. The van der Waals surface area contributed by atoms with Gasteiger partial charge in [0.1, 0.15) is 12.1 Å². The number of nitrogens with two attached hydrogens (primary N) is 1. The van der Waals surface area contributed by atoms with Gasteiger partial charge in [-0.1, -0.05) is 33.6 Å². The lowest BCUT2D eigenvalue weighted by molar-refractivity contribution is -0.140. The highest BCUT2D eigenvalue weighted by Crippen LogP contribution is 2.38. The minimum atomic E-state index is -0.811. The highest BCUT2D eigenvalue weighted by molar-refractivity contribution is 6.09. The van der Waals surface area contributed by atoms with Crippen molar-refractivity contribution in [1.29, 1.82) is 0 Å². The van der Waals surface area contributed by atoms with E-state index in [1.807, 2.05) is 20.8 Å². The third kappa shape index (κ3) is 3.97. The molecule has 2 fully saturated rings. The second-order valence-corrected chi connectivity index (χ2v) is 7.95. The summed E-state index contributed by atoms with van der Waals surface area (Å²) >= 11 is 0. The van der Waals surface area contributed by atoms with Crippen molar-refractivity contribution in [1.82, 2.24) is 15.1 Å². The fourth-order valence-corrected chi connectivity index (χ4v) is 3.70. The summed E-state index contributed by atoms with van der Waals surface area (Å²) in [6.07, 6.45) is 4.26. The van der Waals surface area contributed by atoms with Gasteiger partial charge in [0, 0.05) is 19.6 Å². The molecule has 3 unspecified atom stereocenters. The molecule has 25 heavy (non-hydrogen) atoms. The third-order valence-electron chi connectivity index (χ3n) is 5.87. The molecule has 0 bridgehead atoms. The van der Waals surface area contributed by atoms with Crippen molar-refractivity contribution < 1.29 is 14.4 Å². The van der Waals surface area contributed by atoms with Crippen molar-refractivity contribution in [2.24, 2.45) is 17.6 Å². The molecule has 142 valence electrons. The van der Waals surface area contributed by atoms with Gasteiger partial charge < -0.3 is 16.0 Å². The van der Waals surface area contributed by atoms with Crippen molar-refractivity contribution in [2.75, 3.05) is 20.1 Å². The van der Waals surface area contributed by atoms with Crippen LogP contribution in [0, 0.1) is 11.8 Å². The van der Waals surface area contributed by atoms with Crippen LogP contribution >= 0.6 is 0 Å². The van der Waals surface area contributed by atoms with Crippen molar-refractivity contribution in [2.45, 2.75) is 64.5 Å². The van der Waals surface area contributed by atoms with E-state index in [1.54, 1.807) is 11.9 Å². The maximum absolute atomic E-state index is 12.9.